The average molecular weight is 195 g/mol. The van der Waals surface area contributed by atoms with E-state index in [2.05, 4.69) is 37.9 Å². The summed E-state index contributed by atoms with van der Waals surface area (Å²) in [4.78, 5) is 0. The number of nitrogens with one attached hydrogen (secondary N) is 1. The van der Waals surface area contributed by atoms with Crippen molar-refractivity contribution in [2.75, 3.05) is 13.6 Å². The van der Waals surface area contributed by atoms with Crippen LogP contribution in [0.3, 0.4) is 0 Å². The van der Waals surface area contributed by atoms with Crippen LogP contribution in [0.5, 0.6) is 0 Å². The summed E-state index contributed by atoms with van der Waals surface area (Å²) in [5.41, 5.74) is 3.70. The highest BCUT2D eigenvalue weighted by Gasteiger charge is 1.93. The minimum absolute atomic E-state index is 0.888. The lowest BCUT2D eigenvalue weighted by molar-refractivity contribution is 0.885. The molecule has 0 aromatic heterocycles. The average Bonchev–Trinajstić information content (AvgIpc) is 2.14. The van der Waals surface area contributed by atoms with Crippen LogP contribution in [0.25, 0.3) is 0 Å². The van der Waals surface area contributed by atoms with Gasteiger partial charge in [0.15, 0.2) is 0 Å². The third kappa shape index (κ3) is 9.27. The van der Waals surface area contributed by atoms with Gasteiger partial charge < -0.3 is 5.32 Å². The molecule has 0 spiro atoms. The molecule has 0 unspecified atom stereocenters. The van der Waals surface area contributed by atoms with Crippen molar-refractivity contribution in [1.82, 2.24) is 5.32 Å². The van der Waals surface area contributed by atoms with Gasteiger partial charge in [0.1, 0.15) is 0 Å². The molecule has 82 valence electrons. The second-order valence-electron chi connectivity index (χ2n) is 3.25. The van der Waals surface area contributed by atoms with Crippen LogP contribution in [0.4, 0.5) is 0 Å². The molecule has 0 saturated heterocycles. The Morgan fingerprint density at radius 1 is 1.14 bits per heavy atom. The molecule has 0 rings (SSSR count). The summed E-state index contributed by atoms with van der Waals surface area (Å²) >= 11 is 0. The molecule has 0 aliphatic carbocycles. The van der Waals surface area contributed by atoms with Gasteiger partial charge in [-0.2, -0.15) is 0 Å². The van der Waals surface area contributed by atoms with E-state index in [4.69, 9.17) is 0 Å². The Morgan fingerprint density at radius 2 is 1.64 bits per heavy atom. The van der Waals surface area contributed by atoms with Gasteiger partial charge in [0.25, 0.3) is 0 Å². The van der Waals surface area contributed by atoms with Gasteiger partial charge >= 0.3 is 0 Å². The van der Waals surface area contributed by atoms with E-state index in [-0.39, 0.29) is 0 Å². The van der Waals surface area contributed by atoms with Crippen LogP contribution in [-0.4, -0.2) is 13.6 Å². The van der Waals surface area contributed by atoms with Crippen LogP contribution in [0.15, 0.2) is 35.5 Å². The van der Waals surface area contributed by atoms with E-state index in [0.29, 0.717) is 0 Å². The van der Waals surface area contributed by atoms with Crippen molar-refractivity contribution >= 4 is 0 Å². The molecule has 0 aromatic carbocycles. The van der Waals surface area contributed by atoms with Gasteiger partial charge in [0, 0.05) is 6.54 Å². The zero-order chi connectivity index (χ0) is 11.6. The first kappa shape index (κ1) is 15.6. The van der Waals surface area contributed by atoms with Crippen molar-refractivity contribution in [3.05, 3.63) is 35.5 Å². The number of likely N-dealkylation sites (N-methyl/N-ethyl adjacent to an activating group) is 1. The standard InChI is InChI=1S/C11H19N.C2H6/c1-9(2)6-7-11(8-12-5)10(3)4;1-2/h6-7,12H,3,8H2,1-2,4-5H3;1-2H3/b11-7-;. The molecule has 0 saturated carbocycles. The predicted molar refractivity (Wildman–Crippen MR) is 67.6 cm³/mol. The van der Waals surface area contributed by atoms with Gasteiger partial charge in [-0.3, -0.25) is 0 Å². The van der Waals surface area contributed by atoms with E-state index >= 15 is 0 Å². The topological polar surface area (TPSA) is 12.0 Å². The molecule has 0 amide bonds. The van der Waals surface area contributed by atoms with Gasteiger partial charge in [0.05, 0.1) is 0 Å². The highest BCUT2D eigenvalue weighted by molar-refractivity contribution is 5.31. The molecule has 0 aliphatic heterocycles. The Bertz CT molecular complexity index is 205. The highest BCUT2D eigenvalue weighted by atomic mass is 14.8. The number of rotatable bonds is 4. The van der Waals surface area contributed by atoms with Crippen molar-refractivity contribution in [3.8, 4) is 0 Å². The third-order valence-corrected chi connectivity index (χ3v) is 1.53. The molecule has 0 heterocycles. The third-order valence-electron chi connectivity index (χ3n) is 1.53. The minimum atomic E-state index is 0.888. The SMILES string of the molecule is C=C(C)/C(=C\C=C(C)C)CNC.CC. The summed E-state index contributed by atoms with van der Waals surface area (Å²) in [5, 5.41) is 3.11. The Kier molecular flexibility index (Phi) is 11.5. The van der Waals surface area contributed by atoms with Gasteiger partial charge in [-0.15, -0.1) is 0 Å². The molecule has 0 radical (unpaired) electrons. The summed E-state index contributed by atoms with van der Waals surface area (Å²) in [6.07, 6.45) is 4.23. The van der Waals surface area contributed by atoms with E-state index in [0.717, 1.165) is 12.1 Å². The maximum atomic E-state index is 3.91. The van der Waals surface area contributed by atoms with Crippen molar-refractivity contribution in [3.63, 3.8) is 0 Å². The number of hydrogen-bond acceptors (Lipinski definition) is 1. The number of allylic oxidation sites excluding steroid dienone is 3. The first-order chi connectivity index (χ1) is 6.57. The van der Waals surface area contributed by atoms with Gasteiger partial charge in [-0.25, -0.2) is 0 Å². The largest absolute Gasteiger partial charge is 0.316 e. The van der Waals surface area contributed by atoms with Crippen LogP contribution in [0, 0.1) is 0 Å². The summed E-state index contributed by atoms with van der Waals surface area (Å²) in [7, 11) is 1.94. The first-order valence-electron chi connectivity index (χ1n) is 5.22. The summed E-state index contributed by atoms with van der Waals surface area (Å²) < 4.78 is 0. The van der Waals surface area contributed by atoms with Crippen LogP contribution < -0.4 is 5.32 Å². The van der Waals surface area contributed by atoms with Gasteiger partial charge in [-0.1, -0.05) is 43.7 Å². The lowest BCUT2D eigenvalue weighted by atomic mass is 10.1. The lowest BCUT2D eigenvalue weighted by Crippen LogP contribution is -2.10. The second kappa shape index (κ2) is 10.3. The number of hydrogen-bond donors (Lipinski definition) is 1. The molecule has 0 atom stereocenters. The van der Waals surface area contributed by atoms with Crippen molar-refractivity contribution in [2.45, 2.75) is 34.6 Å². The smallest absolute Gasteiger partial charge is 0.0204 e. The van der Waals surface area contributed by atoms with Crippen LogP contribution in [-0.2, 0) is 0 Å². The van der Waals surface area contributed by atoms with Crippen LogP contribution >= 0.6 is 0 Å². The van der Waals surface area contributed by atoms with Crippen molar-refractivity contribution in [2.24, 2.45) is 0 Å². The fourth-order valence-electron chi connectivity index (χ4n) is 0.810. The Morgan fingerprint density at radius 3 is 1.93 bits per heavy atom. The van der Waals surface area contributed by atoms with E-state index < -0.39 is 0 Å². The van der Waals surface area contributed by atoms with Gasteiger partial charge in [0.2, 0.25) is 0 Å². The Labute approximate surface area is 89.6 Å². The molecule has 0 aromatic rings. The highest BCUT2D eigenvalue weighted by Crippen LogP contribution is 2.06. The van der Waals surface area contributed by atoms with Crippen LogP contribution in [0.1, 0.15) is 34.6 Å². The fourth-order valence-corrected chi connectivity index (χ4v) is 0.810. The molecule has 1 heteroatoms. The molecule has 1 N–H and O–H groups in total. The summed E-state index contributed by atoms with van der Waals surface area (Å²) in [6.45, 7) is 15.0. The molecule has 0 bridgehead atoms. The molecule has 1 nitrogen and oxygen atoms in total. The summed E-state index contributed by atoms with van der Waals surface area (Å²) in [5.74, 6) is 0. The molecule has 0 fully saturated rings. The minimum Gasteiger partial charge on any atom is -0.316 e. The van der Waals surface area contributed by atoms with Crippen molar-refractivity contribution < 1.29 is 0 Å². The monoisotopic (exact) mass is 195 g/mol. The first-order valence-corrected chi connectivity index (χ1v) is 5.22. The van der Waals surface area contributed by atoms with E-state index in [1.165, 1.54) is 11.1 Å². The van der Waals surface area contributed by atoms with E-state index in [1.54, 1.807) is 0 Å². The molecular weight excluding hydrogens is 170 g/mol. The quantitative estimate of drug-likeness (QED) is 0.674. The predicted octanol–water partition coefficient (Wildman–Crippen LogP) is 3.70. The van der Waals surface area contributed by atoms with E-state index in [9.17, 15) is 0 Å². The normalized spacial score (nSPS) is 10.0. The fraction of sp³-hybridized carbons (Fsp3) is 0.538. The maximum absolute atomic E-state index is 3.91. The second-order valence-corrected chi connectivity index (χ2v) is 3.25. The van der Waals surface area contributed by atoms with Gasteiger partial charge in [-0.05, 0) is 33.4 Å². The molecule has 0 aliphatic rings. The van der Waals surface area contributed by atoms with Crippen LogP contribution in [0.2, 0.25) is 0 Å². The Balaban J connectivity index is 0. The summed E-state index contributed by atoms with van der Waals surface area (Å²) in [6, 6.07) is 0. The maximum Gasteiger partial charge on any atom is 0.0204 e. The zero-order valence-electron chi connectivity index (χ0n) is 10.6. The zero-order valence-corrected chi connectivity index (χ0v) is 10.6. The van der Waals surface area contributed by atoms with E-state index in [1.807, 2.05) is 27.8 Å². The van der Waals surface area contributed by atoms with Crippen molar-refractivity contribution in [1.29, 1.82) is 0 Å². The Hall–Kier alpha value is -0.820. The molecule has 14 heavy (non-hydrogen) atoms. The molecular formula is C13H25N. The lowest BCUT2D eigenvalue weighted by Gasteiger charge is -2.04.